The van der Waals surface area contributed by atoms with E-state index in [2.05, 4.69) is 15.0 Å². The number of aryl methyl sites for hydroxylation is 1. The summed E-state index contributed by atoms with van der Waals surface area (Å²) in [7, 11) is 0. The van der Waals surface area contributed by atoms with E-state index in [1.54, 1.807) is 34.9 Å². The minimum atomic E-state index is -2.85. The molecule has 162 valence electrons. The van der Waals surface area contributed by atoms with Gasteiger partial charge in [-0.3, -0.25) is 14.2 Å². The highest BCUT2D eigenvalue weighted by atomic mass is 19.3. The number of carbonyl (C=O) groups is 1. The first kappa shape index (κ1) is 21.0. The van der Waals surface area contributed by atoms with Gasteiger partial charge in [-0.15, -0.1) is 0 Å². The van der Waals surface area contributed by atoms with Crippen molar-refractivity contribution in [2.75, 3.05) is 6.54 Å². The third-order valence-electron chi connectivity index (χ3n) is 5.43. The van der Waals surface area contributed by atoms with Crippen LogP contribution in [0.15, 0.2) is 47.3 Å². The third kappa shape index (κ3) is 4.90. The van der Waals surface area contributed by atoms with Crippen LogP contribution >= 0.6 is 0 Å². The van der Waals surface area contributed by atoms with E-state index in [9.17, 15) is 18.4 Å². The largest absolute Gasteiger partial charge is 0.435 e. The molecule has 0 aliphatic carbocycles. The molecular weight excluding hydrogens is 404 g/mol. The van der Waals surface area contributed by atoms with Crippen LogP contribution in [0.5, 0.6) is 5.75 Å². The molecule has 0 radical (unpaired) electrons. The number of alkyl halides is 2. The number of fused-ring (bicyclic) bond motifs is 2. The van der Waals surface area contributed by atoms with Gasteiger partial charge < -0.3 is 10.1 Å². The smallest absolute Gasteiger partial charge is 0.387 e. The van der Waals surface area contributed by atoms with Crippen molar-refractivity contribution in [3.63, 3.8) is 0 Å². The minimum absolute atomic E-state index is 0.0480. The number of nitrogens with one attached hydrogen (secondary N) is 1. The molecule has 1 N–H and O–H groups in total. The summed E-state index contributed by atoms with van der Waals surface area (Å²) in [5, 5.41) is 3.37. The maximum atomic E-state index is 12.8. The molecular formula is C23H23F2N3O3. The highest BCUT2D eigenvalue weighted by molar-refractivity contribution is 5.97. The van der Waals surface area contributed by atoms with Crippen molar-refractivity contribution < 1.29 is 18.3 Å². The molecule has 0 saturated heterocycles. The zero-order valence-electron chi connectivity index (χ0n) is 16.9. The lowest BCUT2D eigenvalue weighted by atomic mass is 10.1. The fraction of sp³-hybridized carbons (Fsp3) is 0.348. The van der Waals surface area contributed by atoms with Crippen LogP contribution < -0.4 is 15.6 Å². The lowest BCUT2D eigenvalue weighted by Crippen LogP contribution is -2.27. The summed E-state index contributed by atoms with van der Waals surface area (Å²) in [6.45, 7) is -1.78. The predicted molar refractivity (Wildman–Crippen MR) is 113 cm³/mol. The van der Waals surface area contributed by atoms with Crippen molar-refractivity contribution in [3.05, 3.63) is 69.8 Å². The Labute approximate surface area is 177 Å². The Balaban J connectivity index is 1.42. The first-order valence-corrected chi connectivity index (χ1v) is 10.4. The maximum absolute atomic E-state index is 12.8. The van der Waals surface area contributed by atoms with E-state index in [4.69, 9.17) is 0 Å². The Kier molecular flexibility index (Phi) is 6.25. The van der Waals surface area contributed by atoms with Crippen molar-refractivity contribution in [2.24, 2.45) is 0 Å². The molecule has 0 bridgehead atoms. The molecule has 31 heavy (non-hydrogen) atoms. The topological polar surface area (TPSA) is 73.2 Å². The zero-order chi connectivity index (χ0) is 21.8. The summed E-state index contributed by atoms with van der Waals surface area (Å²) in [4.78, 5) is 30.0. The molecule has 2 heterocycles. The van der Waals surface area contributed by atoms with Gasteiger partial charge in [-0.05, 0) is 55.2 Å². The summed E-state index contributed by atoms with van der Waals surface area (Å²) in [6, 6.07) is 11.3. The molecule has 0 atom stereocenters. The highest BCUT2D eigenvalue weighted by Gasteiger charge is 2.15. The lowest BCUT2D eigenvalue weighted by molar-refractivity contribution is -0.0498. The summed E-state index contributed by atoms with van der Waals surface area (Å²) >= 11 is 0. The normalized spacial score (nSPS) is 13.6. The number of hydrogen-bond acceptors (Lipinski definition) is 4. The highest BCUT2D eigenvalue weighted by Crippen LogP contribution is 2.17. The molecule has 0 saturated carbocycles. The van der Waals surface area contributed by atoms with Gasteiger partial charge >= 0.3 is 6.61 Å². The monoisotopic (exact) mass is 427 g/mol. The van der Waals surface area contributed by atoms with E-state index in [1.807, 2.05) is 0 Å². The number of benzene rings is 2. The maximum Gasteiger partial charge on any atom is 0.387 e. The fourth-order valence-electron chi connectivity index (χ4n) is 3.82. The number of halogens is 2. The minimum Gasteiger partial charge on any atom is -0.435 e. The van der Waals surface area contributed by atoms with E-state index < -0.39 is 6.61 Å². The number of nitrogens with zero attached hydrogens (tertiary/aromatic N) is 2. The lowest BCUT2D eigenvalue weighted by Gasteiger charge is -2.11. The van der Waals surface area contributed by atoms with E-state index >= 15 is 0 Å². The number of ether oxygens (including phenoxy) is 1. The number of carbonyl (C=O) groups excluding carboxylic acids is 1. The summed E-state index contributed by atoms with van der Waals surface area (Å²) in [5.41, 5.74) is 1.82. The summed E-state index contributed by atoms with van der Waals surface area (Å²) in [6.07, 6.45) is 4.37. The summed E-state index contributed by atoms with van der Waals surface area (Å²) < 4.78 is 30.5. The standard InChI is InChI=1S/C23H23F2N3O3/c24-23(25)31-17-8-5-15(6-9-17)11-12-26-21(29)16-7-10-18-19(14-16)27-20-4-2-1-3-13-28(20)22(18)30/h5-10,14,23H,1-4,11-13H2,(H,26,29). The van der Waals surface area contributed by atoms with E-state index in [-0.39, 0.29) is 17.2 Å². The van der Waals surface area contributed by atoms with Crippen LogP contribution in [-0.4, -0.2) is 28.6 Å². The fourth-order valence-corrected chi connectivity index (χ4v) is 3.82. The second-order valence-corrected chi connectivity index (χ2v) is 7.56. The van der Waals surface area contributed by atoms with Crippen LogP contribution in [0.4, 0.5) is 8.78 Å². The Morgan fingerprint density at radius 3 is 2.71 bits per heavy atom. The van der Waals surface area contributed by atoms with Crippen LogP contribution in [0.25, 0.3) is 10.9 Å². The second-order valence-electron chi connectivity index (χ2n) is 7.56. The predicted octanol–water partition coefficient (Wildman–Crippen LogP) is 3.70. The van der Waals surface area contributed by atoms with Gasteiger partial charge in [-0.25, -0.2) is 4.98 Å². The zero-order valence-corrected chi connectivity index (χ0v) is 16.9. The van der Waals surface area contributed by atoms with Gasteiger partial charge in [0, 0.05) is 25.1 Å². The van der Waals surface area contributed by atoms with Crippen LogP contribution in [-0.2, 0) is 19.4 Å². The van der Waals surface area contributed by atoms with Crippen molar-refractivity contribution in [3.8, 4) is 5.75 Å². The molecule has 1 amide bonds. The number of rotatable bonds is 6. The van der Waals surface area contributed by atoms with Crippen molar-refractivity contribution in [1.29, 1.82) is 0 Å². The first-order valence-electron chi connectivity index (χ1n) is 10.4. The van der Waals surface area contributed by atoms with E-state index in [0.29, 0.717) is 36.0 Å². The molecule has 0 fully saturated rings. The Morgan fingerprint density at radius 2 is 1.94 bits per heavy atom. The summed E-state index contributed by atoms with van der Waals surface area (Å²) in [5.74, 6) is 0.628. The van der Waals surface area contributed by atoms with Crippen LogP contribution in [0.2, 0.25) is 0 Å². The molecule has 8 heteroatoms. The van der Waals surface area contributed by atoms with Gasteiger partial charge in [-0.2, -0.15) is 8.78 Å². The molecule has 1 aromatic heterocycles. The van der Waals surface area contributed by atoms with E-state index in [1.165, 1.54) is 12.1 Å². The second kappa shape index (κ2) is 9.24. The van der Waals surface area contributed by atoms with Gasteiger partial charge in [0.1, 0.15) is 11.6 Å². The molecule has 1 aliphatic heterocycles. The van der Waals surface area contributed by atoms with Crippen LogP contribution in [0.1, 0.15) is 41.0 Å². The Morgan fingerprint density at radius 1 is 1.13 bits per heavy atom. The Hall–Kier alpha value is -3.29. The molecule has 4 rings (SSSR count). The molecule has 2 aromatic carbocycles. The number of hydrogen-bond donors (Lipinski definition) is 1. The number of amides is 1. The first-order chi connectivity index (χ1) is 15.0. The average molecular weight is 427 g/mol. The quantitative estimate of drug-likeness (QED) is 0.651. The Bertz CT molecular complexity index is 1140. The van der Waals surface area contributed by atoms with Gasteiger partial charge in [-0.1, -0.05) is 18.6 Å². The molecule has 3 aromatic rings. The molecule has 0 unspecified atom stereocenters. The van der Waals surface area contributed by atoms with Gasteiger partial charge in [0.05, 0.1) is 10.9 Å². The average Bonchev–Trinajstić information content (AvgIpc) is 3.00. The van der Waals surface area contributed by atoms with Crippen molar-refractivity contribution in [2.45, 2.75) is 45.3 Å². The van der Waals surface area contributed by atoms with Crippen LogP contribution in [0, 0.1) is 0 Å². The van der Waals surface area contributed by atoms with Gasteiger partial charge in [0.25, 0.3) is 11.5 Å². The SMILES string of the molecule is O=C(NCCc1ccc(OC(F)F)cc1)c1ccc2c(=O)n3c(nc2c1)CCCCC3. The number of aromatic nitrogens is 2. The molecule has 6 nitrogen and oxygen atoms in total. The van der Waals surface area contributed by atoms with Crippen molar-refractivity contribution >= 4 is 16.8 Å². The van der Waals surface area contributed by atoms with Gasteiger partial charge in [0.2, 0.25) is 0 Å². The van der Waals surface area contributed by atoms with Crippen molar-refractivity contribution in [1.82, 2.24) is 14.9 Å². The molecule has 1 aliphatic rings. The molecule has 0 spiro atoms. The van der Waals surface area contributed by atoms with Crippen LogP contribution in [0.3, 0.4) is 0 Å². The van der Waals surface area contributed by atoms with E-state index in [0.717, 1.165) is 37.1 Å². The third-order valence-corrected chi connectivity index (χ3v) is 5.43. The van der Waals surface area contributed by atoms with Gasteiger partial charge in [0.15, 0.2) is 0 Å².